The summed E-state index contributed by atoms with van der Waals surface area (Å²) in [6.45, 7) is 1.11. The van der Waals surface area contributed by atoms with Crippen LogP contribution in [-0.4, -0.2) is 16.1 Å². The van der Waals surface area contributed by atoms with Crippen LogP contribution in [0.4, 0.5) is 23.2 Å². The molecule has 0 aliphatic carbocycles. The van der Waals surface area contributed by atoms with Crippen molar-refractivity contribution in [1.82, 2.24) is 10.2 Å². The monoisotopic (exact) mass is 413 g/mol. The van der Waals surface area contributed by atoms with E-state index in [9.17, 15) is 22.4 Å². The lowest BCUT2D eigenvalue weighted by molar-refractivity contribution is -0.116. The summed E-state index contributed by atoms with van der Waals surface area (Å²) in [6, 6.07) is 7.50. The van der Waals surface area contributed by atoms with E-state index in [1.54, 1.807) is 0 Å². The number of rotatable bonds is 5. The summed E-state index contributed by atoms with van der Waals surface area (Å²) in [4.78, 5) is 13.2. The first-order chi connectivity index (χ1) is 13.3. The fraction of sp³-hybridized carbons (Fsp3) is 0.167. The number of nitrogens with zero attached hydrogens (tertiary/aromatic N) is 3. The first-order valence-electron chi connectivity index (χ1n) is 7.89. The van der Waals surface area contributed by atoms with Gasteiger partial charge in [-0.15, -0.1) is 10.2 Å². The number of hydrogen-bond donors (Lipinski definition) is 0. The summed E-state index contributed by atoms with van der Waals surface area (Å²) in [5.74, 6) is -2.89. The van der Waals surface area contributed by atoms with Crippen LogP contribution in [-0.2, 0) is 11.3 Å². The average molecular weight is 414 g/mol. The van der Waals surface area contributed by atoms with Gasteiger partial charge in [-0.25, -0.2) is 8.78 Å². The Balaban J connectivity index is 1.87. The SMILES string of the molecule is CC(=O)N(Cc1ccc(-c2nnc(C(F)F)o2)cc1F)c1ccc(F)c(Cl)c1. The van der Waals surface area contributed by atoms with Crippen LogP contribution in [0, 0.1) is 11.6 Å². The normalized spacial score (nSPS) is 11.1. The Labute approximate surface area is 161 Å². The number of anilines is 1. The number of alkyl halides is 2. The first kappa shape index (κ1) is 19.8. The molecular formula is C18H12ClF4N3O2. The van der Waals surface area contributed by atoms with Gasteiger partial charge in [0.1, 0.15) is 11.6 Å². The largest absolute Gasteiger partial charge is 0.415 e. The maximum absolute atomic E-state index is 14.5. The molecule has 1 aromatic heterocycles. The van der Waals surface area contributed by atoms with E-state index >= 15 is 0 Å². The summed E-state index contributed by atoms with van der Waals surface area (Å²) in [5.41, 5.74) is 0.536. The second kappa shape index (κ2) is 7.97. The van der Waals surface area contributed by atoms with E-state index in [1.165, 1.54) is 36.1 Å². The van der Waals surface area contributed by atoms with Gasteiger partial charge in [0, 0.05) is 23.7 Å². The third-order valence-electron chi connectivity index (χ3n) is 3.85. The highest BCUT2D eigenvalue weighted by atomic mass is 35.5. The van der Waals surface area contributed by atoms with Crippen LogP contribution in [0.1, 0.15) is 24.8 Å². The van der Waals surface area contributed by atoms with Crippen molar-refractivity contribution in [3.8, 4) is 11.5 Å². The van der Waals surface area contributed by atoms with Crippen molar-refractivity contribution in [3.05, 3.63) is 64.5 Å². The Kier molecular flexibility index (Phi) is 5.64. The third-order valence-corrected chi connectivity index (χ3v) is 4.14. The number of halogens is 5. The Morgan fingerprint density at radius 1 is 1.14 bits per heavy atom. The van der Waals surface area contributed by atoms with Crippen molar-refractivity contribution in [3.63, 3.8) is 0 Å². The van der Waals surface area contributed by atoms with Crippen LogP contribution in [0.25, 0.3) is 11.5 Å². The van der Waals surface area contributed by atoms with Crippen molar-refractivity contribution >= 4 is 23.2 Å². The minimum atomic E-state index is -2.93. The number of hydrogen-bond acceptors (Lipinski definition) is 4. The molecule has 0 bridgehead atoms. The maximum Gasteiger partial charge on any atom is 0.314 e. The summed E-state index contributed by atoms with van der Waals surface area (Å²) >= 11 is 5.75. The molecule has 3 rings (SSSR count). The molecule has 0 atom stereocenters. The maximum atomic E-state index is 14.5. The van der Waals surface area contributed by atoms with Gasteiger partial charge in [-0.1, -0.05) is 17.7 Å². The Morgan fingerprint density at radius 3 is 2.46 bits per heavy atom. The fourth-order valence-electron chi connectivity index (χ4n) is 2.46. The number of carbonyl (C=O) groups excluding carboxylic acids is 1. The van der Waals surface area contributed by atoms with Crippen LogP contribution in [0.2, 0.25) is 5.02 Å². The molecule has 0 spiro atoms. The molecular weight excluding hydrogens is 402 g/mol. The van der Waals surface area contributed by atoms with Crippen molar-refractivity contribution in [2.75, 3.05) is 4.90 Å². The standard InChI is InChI=1S/C18H12ClF4N3O2/c1-9(27)26(12-4-5-14(20)13(19)7-12)8-11-3-2-10(6-15(11)21)17-24-25-18(28-17)16(22)23/h2-7,16H,8H2,1H3. The minimum Gasteiger partial charge on any atom is -0.415 e. The number of carbonyl (C=O) groups is 1. The van der Waals surface area contributed by atoms with E-state index in [-0.39, 0.29) is 28.6 Å². The zero-order chi connectivity index (χ0) is 20.4. The molecule has 1 amide bonds. The van der Waals surface area contributed by atoms with E-state index < -0.39 is 29.9 Å². The molecule has 0 unspecified atom stereocenters. The lowest BCUT2D eigenvalue weighted by Crippen LogP contribution is -2.28. The predicted molar refractivity (Wildman–Crippen MR) is 92.9 cm³/mol. The zero-order valence-electron chi connectivity index (χ0n) is 14.3. The van der Waals surface area contributed by atoms with E-state index in [2.05, 4.69) is 10.2 Å². The second-order valence-corrected chi connectivity index (χ2v) is 6.16. The lowest BCUT2D eigenvalue weighted by atomic mass is 10.1. The molecule has 0 aliphatic heterocycles. The van der Waals surface area contributed by atoms with Crippen LogP contribution in [0.15, 0.2) is 40.8 Å². The van der Waals surface area contributed by atoms with Gasteiger partial charge >= 0.3 is 6.43 Å². The first-order valence-corrected chi connectivity index (χ1v) is 8.27. The van der Waals surface area contributed by atoms with Gasteiger partial charge in [0.2, 0.25) is 11.8 Å². The molecule has 1 heterocycles. The molecule has 3 aromatic rings. The Bertz CT molecular complexity index is 1030. The quantitative estimate of drug-likeness (QED) is 0.542. The molecule has 0 fully saturated rings. The number of amides is 1. The summed E-state index contributed by atoms with van der Waals surface area (Å²) in [5, 5.41) is 6.47. The molecule has 2 aromatic carbocycles. The highest BCUT2D eigenvalue weighted by Gasteiger charge is 2.19. The zero-order valence-corrected chi connectivity index (χ0v) is 15.1. The molecule has 0 N–H and O–H groups in total. The fourth-order valence-corrected chi connectivity index (χ4v) is 2.63. The van der Waals surface area contributed by atoms with Crippen molar-refractivity contribution < 1.29 is 26.8 Å². The Morgan fingerprint density at radius 2 is 1.89 bits per heavy atom. The third kappa shape index (κ3) is 4.14. The van der Waals surface area contributed by atoms with E-state index in [4.69, 9.17) is 16.0 Å². The molecule has 0 saturated heterocycles. The Hall–Kier alpha value is -2.94. The van der Waals surface area contributed by atoms with Gasteiger partial charge in [-0.2, -0.15) is 8.78 Å². The number of aromatic nitrogens is 2. The summed E-state index contributed by atoms with van der Waals surface area (Å²) in [6.07, 6.45) is -2.93. The van der Waals surface area contributed by atoms with E-state index in [1.807, 2.05) is 0 Å². The molecule has 0 saturated carbocycles. The molecule has 146 valence electrons. The van der Waals surface area contributed by atoms with Gasteiger partial charge in [-0.05, 0) is 30.3 Å². The van der Waals surface area contributed by atoms with Gasteiger partial charge in [0.15, 0.2) is 0 Å². The van der Waals surface area contributed by atoms with Crippen LogP contribution in [0.3, 0.4) is 0 Å². The molecule has 5 nitrogen and oxygen atoms in total. The smallest absolute Gasteiger partial charge is 0.314 e. The van der Waals surface area contributed by atoms with E-state index in [0.29, 0.717) is 5.69 Å². The van der Waals surface area contributed by atoms with Gasteiger partial charge < -0.3 is 9.32 Å². The van der Waals surface area contributed by atoms with E-state index in [0.717, 1.165) is 12.1 Å². The minimum absolute atomic E-state index is 0.111. The highest BCUT2D eigenvalue weighted by Crippen LogP contribution is 2.27. The second-order valence-electron chi connectivity index (χ2n) is 5.76. The topological polar surface area (TPSA) is 59.2 Å². The van der Waals surface area contributed by atoms with Crippen LogP contribution < -0.4 is 4.90 Å². The van der Waals surface area contributed by atoms with Gasteiger partial charge in [-0.3, -0.25) is 4.79 Å². The van der Waals surface area contributed by atoms with Crippen molar-refractivity contribution in [2.24, 2.45) is 0 Å². The lowest BCUT2D eigenvalue weighted by Gasteiger charge is -2.22. The molecule has 0 aliphatic rings. The molecule has 28 heavy (non-hydrogen) atoms. The predicted octanol–water partition coefficient (Wildman–Crippen LogP) is 5.16. The van der Waals surface area contributed by atoms with Crippen LogP contribution in [0.5, 0.6) is 0 Å². The summed E-state index contributed by atoms with van der Waals surface area (Å²) < 4.78 is 57.7. The van der Waals surface area contributed by atoms with Gasteiger partial charge in [0.25, 0.3) is 5.89 Å². The van der Waals surface area contributed by atoms with Crippen molar-refractivity contribution in [2.45, 2.75) is 19.9 Å². The summed E-state index contributed by atoms with van der Waals surface area (Å²) in [7, 11) is 0. The highest BCUT2D eigenvalue weighted by molar-refractivity contribution is 6.31. The van der Waals surface area contributed by atoms with Crippen LogP contribution >= 0.6 is 11.6 Å². The average Bonchev–Trinajstić information content (AvgIpc) is 3.13. The number of benzene rings is 2. The molecule has 0 radical (unpaired) electrons. The molecule has 10 heteroatoms. The van der Waals surface area contributed by atoms with Gasteiger partial charge in [0.05, 0.1) is 11.6 Å². The van der Waals surface area contributed by atoms with Crippen molar-refractivity contribution in [1.29, 1.82) is 0 Å².